The summed E-state index contributed by atoms with van der Waals surface area (Å²) in [6.45, 7) is -0.0685. The topological polar surface area (TPSA) is 131 Å². The lowest BCUT2D eigenvalue weighted by molar-refractivity contribution is 0.0987. The number of benzene rings is 3. The van der Waals surface area contributed by atoms with E-state index in [0.29, 0.717) is 10.6 Å². The third-order valence-corrected chi connectivity index (χ3v) is 9.52. The maximum Gasteiger partial charge on any atom is 0.280 e. The van der Waals surface area contributed by atoms with E-state index in [4.69, 9.17) is 10.5 Å². The molecule has 0 aliphatic rings. The number of rotatable bonds is 10. The van der Waals surface area contributed by atoms with Crippen LogP contribution >= 0.6 is 43.2 Å². The van der Waals surface area contributed by atoms with Gasteiger partial charge in [0, 0.05) is 40.4 Å². The molecule has 1 aromatic heterocycles. The van der Waals surface area contributed by atoms with Crippen LogP contribution in [0, 0.1) is 22.7 Å². The molecule has 4 aromatic rings. The normalized spacial score (nSPS) is 11.5. The molecule has 0 N–H and O–H groups in total. The van der Waals surface area contributed by atoms with Crippen LogP contribution in [0.1, 0.15) is 28.8 Å². The highest BCUT2D eigenvalue weighted by molar-refractivity contribution is 9.10. The van der Waals surface area contributed by atoms with Crippen molar-refractivity contribution in [3.05, 3.63) is 86.8 Å². The Morgan fingerprint density at radius 2 is 1.57 bits per heavy atom. The lowest BCUT2D eigenvalue weighted by Crippen LogP contribution is -2.33. The molecule has 0 spiro atoms. The number of hydrazone groups is 1. The average molecular weight is 700 g/mol. The number of thiazole rings is 1. The minimum absolute atomic E-state index is 0.00863. The first-order chi connectivity index (χ1) is 19.2. The van der Waals surface area contributed by atoms with Crippen LogP contribution in [-0.2, 0) is 10.0 Å². The third-order valence-electron chi connectivity index (χ3n) is 5.59. The van der Waals surface area contributed by atoms with Crippen molar-refractivity contribution < 1.29 is 13.2 Å². The standard InChI is InChI=1S/C27H20Br2N6O3S2/c28-21-7-3-19(4-8-21)18-32-35(27-33-24-12-9-22(29)17-25(24)39-27)26(36)20-5-10-23(11-6-20)40(37,38)34(15-1-13-30)16-2-14-31/h3-12,17-18H,1-2,15-16H2/b32-18+. The average Bonchev–Trinajstić information content (AvgIpc) is 3.36. The summed E-state index contributed by atoms with van der Waals surface area (Å²) in [7, 11) is -3.97. The van der Waals surface area contributed by atoms with Crippen LogP contribution in [0.5, 0.6) is 0 Å². The second-order valence-electron chi connectivity index (χ2n) is 8.27. The van der Waals surface area contributed by atoms with Gasteiger partial charge in [-0.1, -0.05) is 55.3 Å². The van der Waals surface area contributed by atoms with Gasteiger partial charge in [0.2, 0.25) is 15.2 Å². The molecular weight excluding hydrogens is 680 g/mol. The van der Waals surface area contributed by atoms with E-state index < -0.39 is 15.9 Å². The van der Waals surface area contributed by atoms with Crippen LogP contribution in [0.15, 0.2) is 85.7 Å². The molecule has 40 heavy (non-hydrogen) atoms. The van der Waals surface area contributed by atoms with Crippen LogP contribution < -0.4 is 5.01 Å². The Kier molecular flexibility index (Phi) is 9.79. The Labute approximate surface area is 252 Å². The molecule has 0 unspecified atom stereocenters. The summed E-state index contributed by atoms with van der Waals surface area (Å²) >= 11 is 8.15. The monoisotopic (exact) mass is 698 g/mol. The second-order valence-corrected chi connectivity index (χ2v) is 13.0. The number of amides is 1. The van der Waals surface area contributed by atoms with E-state index in [9.17, 15) is 13.2 Å². The third kappa shape index (κ3) is 6.99. The van der Waals surface area contributed by atoms with Gasteiger partial charge in [-0.3, -0.25) is 4.79 Å². The van der Waals surface area contributed by atoms with Crippen LogP contribution in [-0.4, -0.2) is 42.9 Å². The van der Waals surface area contributed by atoms with E-state index in [0.717, 1.165) is 23.5 Å². The van der Waals surface area contributed by atoms with Crippen molar-refractivity contribution in [1.82, 2.24) is 9.29 Å². The van der Waals surface area contributed by atoms with Crippen molar-refractivity contribution in [3.8, 4) is 12.1 Å². The molecule has 1 amide bonds. The van der Waals surface area contributed by atoms with E-state index in [-0.39, 0.29) is 36.4 Å². The van der Waals surface area contributed by atoms with E-state index >= 15 is 0 Å². The molecule has 1 heterocycles. The first-order valence-corrected chi connectivity index (χ1v) is 15.6. The van der Waals surface area contributed by atoms with Crippen molar-refractivity contribution in [2.75, 3.05) is 18.1 Å². The zero-order chi connectivity index (χ0) is 28.7. The predicted octanol–water partition coefficient (Wildman–Crippen LogP) is 6.32. The number of fused-ring (bicyclic) bond motifs is 1. The Hall–Kier alpha value is -3.46. The first kappa shape index (κ1) is 29.5. The molecular formula is C27H20Br2N6O3S2. The van der Waals surface area contributed by atoms with E-state index in [1.807, 2.05) is 54.6 Å². The Morgan fingerprint density at radius 1 is 0.950 bits per heavy atom. The van der Waals surface area contributed by atoms with Crippen molar-refractivity contribution in [1.29, 1.82) is 10.5 Å². The fraction of sp³-hybridized carbons (Fsp3) is 0.148. The van der Waals surface area contributed by atoms with Gasteiger partial charge in [0.25, 0.3) is 5.91 Å². The number of sulfonamides is 1. The molecule has 0 saturated heterocycles. The molecule has 202 valence electrons. The van der Waals surface area contributed by atoms with Gasteiger partial charge in [-0.15, -0.1) is 0 Å². The van der Waals surface area contributed by atoms with E-state index in [1.165, 1.54) is 40.6 Å². The fourth-order valence-corrected chi connectivity index (χ4v) is 6.76. The van der Waals surface area contributed by atoms with Gasteiger partial charge in [0.1, 0.15) is 0 Å². The van der Waals surface area contributed by atoms with Crippen molar-refractivity contribution in [3.63, 3.8) is 0 Å². The smallest absolute Gasteiger partial charge is 0.267 e. The predicted molar refractivity (Wildman–Crippen MR) is 162 cm³/mol. The summed E-state index contributed by atoms with van der Waals surface area (Å²) in [6, 6.07) is 22.3. The highest BCUT2D eigenvalue weighted by Crippen LogP contribution is 2.32. The number of nitriles is 2. The summed E-state index contributed by atoms with van der Waals surface area (Å²) in [5.41, 5.74) is 1.67. The van der Waals surface area contributed by atoms with Gasteiger partial charge in [-0.05, 0) is 60.2 Å². The Bertz CT molecular complexity index is 1720. The minimum Gasteiger partial charge on any atom is -0.267 e. The quantitative estimate of drug-likeness (QED) is 0.141. The number of carbonyl (C=O) groups is 1. The van der Waals surface area contributed by atoms with Crippen LogP contribution in [0.4, 0.5) is 5.13 Å². The number of halogens is 2. The zero-order valence-corrected chi connectivity index (χ0v) is 25.5. The van der Waals surface area contributed by atoms with Crippen molar-refractivity contribution in [2.24, 2.45) is 5.10 Å². The Morgan fingerprint density at radius 3 is 2.20 bits per heavy atom. The largest absolute Gasteiger partial charge is 0.280 e. The molecule has 0 atom stereocenters. The molecule has 3 aromatic carbocycles. The molecule has 13 heteroatoms. The fourth-order valence-electron chi connectivity index (χ4n) is 3.58. The maximum absolute atomic E-state index is 13.7. The van der Waals surface area contributed by atoms with Gasteiger partial charge in [-0.25, -0.2) is 13.4 Å². The molecule has 0 bridgehead atoms. The highest BCUT2D eigenvalue weighted by Gasteiger charge is 2.26. The Balaban J connectivity index is 1.67. The molecule has 4 rings (SSSR count). The van der Waals surface area contributed by atoms with Gasteiger partial charge in [-0.2, -0.15) is 24.9 Å². The lowest BCUT2D eigenvalue weighted by Gasteiger charge is -2.20. The number of nitrogens with zero attached hydrogens (tertiary/aromatic N) is 6. The van der Waals surface area contributed by atoms with Crippen molar-refractivity contribution >= 4 is 80.7 Å². The van der Waals surface area contributed by atoms with Crippen LogP contribution in [0.3, 0.4) is 0 Å². The maximum atomic E-state index is 13.7. The molecule has 0 saturated carbocycles. The number of hydrogen-bond donors (Lipinski definition) is 0. The SMILES string of the molecule is N#CCCN(CCC#N)S(=O)(=O)c1ccc(C(=O)N(/N=C/c2ccc(Br)cc2)c2nc3ccc(Br)cc3s2)cc1. The molecule has 0 aliphatic carbocycles. The summed E-state index contributed by atoms with van der Waals surface area (Å²) in [6.07, 6.45) is 1.53. The number of aromatic nitrogens is 1. The first-order valence-electron chi connectivity index (χ1n) is 11.8. The lowest BCUT2D eigenvalue weighted by atomic mass is 10.2. The van der Waals surface area contributed by atoms with Gasteiger partial charge >= 0.3 is 0 Å². The van der Waals surface area contributed by atoms with Gasteiger partial charge < -0.3 is 0 Å². The zero-order valence-electron chi connectivity index (χ0n) is 20.7. The molecule has 0 radical (unpaired) electrons. The van der Waals surface area contributed by atoms with Crippen LogP contribution in [0.25, 0.3) is 10.2 Å². The minimum atomic E-state index is -3.97. The summed E-state index contributed by atoms with van der Waals surface area (Å²) < 4.78 is 30.1. The van der Waals surface area contributed by atoms with E-state index in [2.05, 4.69) is 41.9 Å². The number of carbonyl (C=O) groups excluding carboxylic acids is 1. The van der Waals surface area contributed by atoms with E-state index in [1.54, 1.807) is 6.21 Å². The summed E-state index contributed by atoms with van der Waals surface area (Å²) in [4.78, 5) is 18.2. The number of anilines is 1. The number of hydrogen-bond acceptors (Lipinski definition) is 8. The molecule has 0 aliphatic heterocycles. The second kappa shape index (κ2) is 13.3. The van der Waals surface area contributed by atoms with Gasteiger partial charge in [0.15, 0.2) is 0 Å². The molecule has 0 fully saturated rings. The highest BCUT2D eigenvalue weighted by atomic mass is 79.9. The molecule has 9 nitrogen and oxygen atoms in total. The van der Waals surface area contributed by atoms with Crippen LogP contribution in [0.2, 0.25) is 0 Å². The van der Waals surface area contributed by atoms with Crippen molar-refractivity contribution in [2.45, 2.75) is 17.7 Å². The van der Waals surface area contributed by atoms with Gasteiger partial charge in [0.05, 0.1) is 33.5 Å². The summed E-state index contributed by atoms with van der Waals surface area (Å²) in [5.74, 6) is -0.499. The summed E-state index contributed by atoms with van der Waals surface area (Å²) in [5, 5.41) is 23.8.